The number of rotatable bonds is 5. The van der Waals surface area contributed by atoms with Gasteiger partial charge in [0.15, 0.2) is 11.5 Å². The summed E-state index contributed by atoms with van der Waals surface area (Å²) in [5, 5.41) is 0. The zero-order valence-corrected chi connectivity index (χ0v) is 14.9. The zero-order valence-electron chi connectivity index (χ0n) is 14.9. The number of amides is 1. The van der Waals surface area contributed by atoms with Crippen LogP contribution in [-0.4, -0.2) is 44.2 Å². The van der Waals surface area contributed by atoms with E-state index >= 15 is 0 Å². The van der Waals surface area contributed by atoms with E-state index in [-0.39, 0.29) is 17.8 Å². The summed E-state index contributed by atoms with van der Waals surface area (Å²) in [6.45, 7) is 1.22. The molecule has 1 aliphatic heterocycles. The zero-order chi connectivity index (χ0) is 18.5. The van der Waals surface area contributed by atoms with Gasteiger partial charge in [-0.15, -0.1) is 0 Å². The molecule has 6 heteroatoms. The van der Waals surface area contributed by atoms with Crippen molar-refractivity contribution < 1.29 is 23.4 Å². The number of benzene rings is 2. The molecule has 0 aromatic heterocycles. The smallest absolute Gasteiger partial charge is 0.253 e. The monoisotopic (exact) mass is 359 g/mol. The molecule has 0 atom stereocenters. The molecule has 1 saturated heterocycles. The number of hydrogen-bond acceptors (Lipinski definition) is 4. The third kappa shape index (κ3) is 4.07. The van der Waals surface area contributed by atoms with Gasteiger partial charge < -0.3 is 19.1 Å². The molecule has 0 unspecified atom stereocenters. The summed E-state index contributed by atoms with van der Waals surface area (Å²) in [5.74, 6) is 1.46. The highest BCUT2D eigenvalue weighted by Gasteiger charge is 2.25. The number of carbonyl (C=O) groups excluding carboxylic acids is 1. The molecule has 0 aliphatic carbocycles. The van der Waals surface area contributed by atoms with Gasteiger partial charge in [0.25, 0.3) is 5.91 Å². The summed E-state index contributed by atoms with van der Waals surface area (Å²) in [4.78, 5) is 14.5. The van der Waals surface area contributed by atoms with Gasteiger partial charge >= 0.3 is 0 Å². The number of halogens is 1. The molecule has 0 spiro atoms. The van der Waals surface area contributed by atoms with Crippen molar-refractivity contribution in [1.82, 2.24) is 4.90 Å². The molecule has 5 nitrogen and oxygen atoms in total. The van der Waals surface area contributed by atoms with E-state index in [0.29, 0.717) is 35.9 Å². The summed E-state index contributed by atoms with van der Waals surface area (Å²) >= 11 is 0. The Morgan fingerprint density at radius 2 is 1.65 bits per heavy atom. The first-order valence-corrected chi connectivity index (χ1v) is 8.54. The maximum atomic E-state index is 13.0. The highest BCUT2D eigenvalue weighted by atomic mass is 19.1. The predicted octanol–water partition coefficient (Wildman–Crippen LogP) is 3.53. The van der Waals surface area contributed by atoms with Gasteiger partial charge in [0.1, 0.15) is 17.7 Å². The van der Waals surface area contributed by atoms with Gasteiger partial charge in [-0.05, 0) is 42.5 Å². The fourth-order valence-electron chi connectivity index (χ4n) is 3.03. The van der Waals surface area contributed by atoms with E-state index in [0.717, 1.165) is 12.8 Å². The highest BCUT2D eigenvalue weighted by Crippen LogP contribution is 2.28. The van der Waals surface area contributed by atoms with Crippen molar-refractivity contribution in [3.8, 4) is 17.2 Å². The van der Waals surface area contributed by atoms with Crippen LogP contribution in [0, 0.1) is 5.82 Å². The number of ether oxygens (including phenoxy) is 3. The summed E-state index contributed by atoms with van der Waals surface area (Å²) in [5.41, 5.74) is 0.570. The average Bonchev–Trinajstić information content (AvgIpc) is 2.69. The largest absolute Gasteiger partial charge is 0.493 e. The lowest BCUT2D eigenvalue weighted by atomic mass is 10.1. The molecule has 0 bridgehead atoms. The minimum Gasteiger partial charge on any atom is -0.493 e. The van der Waals surface area contributed by atoms with E-state index in [1.807, 2.05) is 4.90 Å². The fourth-order valence-corrected chi connectivity index (χ4v) is 3.03. The number of methoxy groups -OCH3 is 2. The van der Waals surface area contributed by atoms with E-state index in [2.05, 4.69) is 0 Å². The van der Waals surface area contributed by atoms with Crippen molar-refractivity contribution in [2.24, 2.45) is 0 Å². The van der Waals surface area contributed by atoms with Crippen molar-refractivity contribution in [1.29, 1.82) is 0 Å². The maximum Gasteiger partial charge on any atom is 0.253 e. The average molecular weight is 359 g/mol. The minimum atomic E-state index is -0.285. The topological polar surface area (TPSA) is 48.0 Å². The molecule has 0 N–H and O–H groups in total. The number of piperidine rings is 1. The number of likely N-dealkylation sites (tertiary alicyclic amines) is 1. The number of hydrogen-bond donors (Lipinski definition) is 0. The van der Waals surface area contributed by atoms with Crippen LogP contribution >= 0.6 is 0 Å². The Labute approximate surface area is 152 Å². The van der Waals surface area contributed by atoms with Crippen LogP contribution < -0.4 is 14.2 Å². The Kier molecular flexibility index (Phi) is 5.61. The van der Waals surface area contributed by atoms with Crippen LogP contribution in [0.15, 0.2) is 42.5 Å². The SMILES string of the molecule is COc1ccc(C(=O)N2CCC(Oc3ccc(F)cc3)CC2)cc1OC. The van der Waals surface area contributed by atoms with Crippen LogP contribution in [0.25, 0.3) is 0 Å². The lowest BCUT2D eigenvalue weighted by Gasteiger charge is -2.32. The van der Waals surface area contributed by atoms with Crippen molar-refractivity contribution >= 4 is 5.91 Å². The minimum absolute atomic E-state index is 0.0231. The van der Waals surface area contributed by atoms with Crippen molar-refractivity contribution in [3.63, 3.8) is 0 Å². The Morgan fingerprint density at radius 3 is 2.27 bits per heavy atom. The summed E-state index contributed by atoms with van der Waals surface area (Å²) in [6, 6.07) is 11.2. The fraction of sp³-hybridized carbons (Fsp3) is 0.350. The predicted molar refractivity (Wildman–Crippen MR) is 95.5 cm³/mol. The van der Waals surface area contributed by atoms with Gasteiger partial charge in [-0.1, -0.05) is 0 Å². The van der Waals surface area contributed by atoms with Crippen molar-refractivity contribution in [2.45, 2.75) is 18.9 Å². The van der Waals surface area contributed by atoms with Gasteiger partial charge in [-0.2, -0.15) is 0 Å². The number of carbonyl (C=O) groups is 1. The van der Waals surface area contributed by atoms with E-state index in [1.165, 1.54) is 12.1 Å². The third-order valence-corrected chi connectivity index (χ3v) is 4.48. The second kappa shape index (κ2) is 8.08. The van der Waals surface area contributed by atoms with E-state index in [4.69, 9.17) is 14.2 Å². The standard InChI is InChI=1S/C20H22FNO4/c1-24-18-8-3-14(13-19(18)25-2)20(23)22-11-9-17(10-12-22)26-16-6-4-15(21)5-7-16/h3-8,13,17H,9-12H2,1-2H3. The lowest BCUT2D eigenvalue weighted by molar-refractivity contribution is 0.0595. The molecule has 1 aliphatic rings. The van der Waals surface area contributed by atoms with Crippen LogP contribution in [0.3, 0.4) is 0 Å². The van der Waals surface area contributed by atoms with Gasteiger partial charge in [-0.25, -0.2) is 4.39 Å². The quantitative estimate of drug-likeness (QED) is 0.819. The van der Waals surface area contributed by atoms with Crippen molar-refractivity contribution in [2.75, 3.05) is 27.3 Å². The second-order valence-corrected chi connectivity index (χ2v) is 6.13. The Balaban J connectivity index is 1.59. The number of nitrogens with zero attached hydrogens (tertiary/aromatic N) is 1. The first kappa shape index (κ1) is 18.0. The molecule has 0 saturated carbocycles. The summed E-state index contributed by atoms with van der Waals surface area (Å²) in [6.07, 6.45) is 1.49. The Morgan fingerprint density at radius 1 is 1.00 bits per heavy atom. The second-order valence-electron chi connectivity index (χ2n) is 6.13. The molecule has 1 heterocycles. The summed E-state index contributed by atoms with van der Waals surface area (Å²) < 4.78 is 29.3. The van der Waals surface area contributed by atoms with Gasteiger partial charge in [-0.3, -0.25) is 4.79 Å². The Bertz CT molecular complexity index is 755. The molecule has 138 valence electrons. The van der Waals surface area contributed by atoms with Gasteiger partial charge in [0.2, 0.25) is 0 Å². The van der Waals surface area contributed by atoms with Crippen LogP contribution in [-0.2, 0) is 0 Å². The molecule has 26 heavy (non-hydrogen) atoms. The van der Waals surface area contributed by atoms with Crippen LogP contribution in [0.5, 0.6) is 17.2 Å². The third-order valence-electron chi connectivity index (χ3n) is 4.48. The van der Waals surface area contributed by atoms with Gasteiger partial charge in [0, 0.05) is 31.5 Å². The normalized spacial score (nSPS) is 14.8. The molecular weight excluding hydrogens is 337 g/mol. The maximum absolute atomic E-state index is 13.0. The molecule has 2 aromatic rings. The molecule has 0 radical (unpaired) electrons. The van der Waals surface area contributed by atoms with E-state index in [9.17, 15) is 9.18 Å². The van der Waals surface area contributed by atoms with E-state index in [1.54, 1.807) is 44.6 Å². The lowest BCUT2D eigenvalue weighted by Crippen LogP contribution is -2.41. The first-order chi connectivity index (χ1) is 12.6. The van der Waals surface area contributed by atoms with Gasteiger partial charge in [0.05, 0.1) is 14.2 Å². The molecule has 2 aromatic carbocycles. The van der Waals surface area contributed by atoms with Crippen LogP contribution in [0.4, 0.5) is 4.39 Å². The first-order valence-electron chi connectivity index (χ1n) is 8.54. The molecule has 3 rings (SSSR count). The van der Waals surface area contributed by atoms with E-state index < -0.39 is 0 Å². The molecule has 1 fully saturated rings. The van der Waals surface area contributed by atoms with Crippen LogP contribution in [0.2, 0.25) is 0 Å². The van der Waals surface area contributed by atoms with Crippen molar-refractivity contribution in [3.05, 3.63) is 53.8 Å². The Hall–Kier alpha value is -2.76. The molecular formula is C20H22FNO4. The van der Waals surface area contributed by atoms with Crippen LogP contribution in [0.1, 0.15) is 23.2 Å². The highest BCUT2D eigenvalue weighted by molar-refractivity contribution is 5.95. The molecule has 1 amide bonds. The summed E-state index contributed by atoms with van der Waals surface area (Å²) in [7, 11) is 3.11.